The number of nitro groups is 1. The van der Waals surface area contributed by atoms with Gasteiger partial charge in [-0.2, -0.15) is 0 Å². The van der Waals surface area contributed by atoms with Crippen molar-refractivity contribution in [2.24, 2.45) is 0 Å². The number of hydrogen-bond donors (Lipinski definition) is 0. The fraction of sp³-hybridized carbons (Fsp3) is 0.0714. The minimum Gasteiger partial charge on any atom is -0.497 e. The van der Waals surface area contributed by atoms with Gasteiger partial charge in [0.2, 0.25) is 0 Å². The Bertz CT molecular complexity index is 620. The van der Waals surface area contributed by atoms with Crippen LogP contribution in [0.3, 0.4) is 0 Å². The van der Waals surface area contributed by atoms with E-state index in [2.05, 4.69) is 0 Å². The molecule has 0 aliphatic heterocycles. The second-order valence-corrected chi connectivity index (χ2v) is 3.88. The number of hydrogen-bond acceptors (Lipinski definition) is 4. The first-order chi connectivity index (χ1) is 9.15. The SMILES string of the molecule is COc1ccc(-c2ccc([N+](=O)[O-])cc2C=O)cc1. The lowest BCUT2D eigenvalue weighted by Crippen LogP contribution is -1.93. The summed E-state index contributed by atoms with van der Waals surface area (Å²) in [6.07, 6.45) is 0.618. The summed E-state index contributed by atoms with van der Waals surface area (Å²) in [5.74, 6) is 0.707. The largest absolute Gasteiger partial charge is 0.497 e. The van der Waals surface area contributed by atoms with Crippen molar-refractivity contribution in [1.29, 1.82) is 0 Å². The quantitative estimate of drug-likeness (QED) is 0.479. The number of ether oxygens (including phenoxy) is 1. The van der Waals surface area contributed by atoms with Gasteiger partial charge in [0.25, 0.3) is 5.69 Å². The number of rotatable bonds is 4. The van der Waals surface area contributed by atoms with Crippen molar-refractivity contribution >= 4 is 12.0 Å². The van der Waals surface area contributed by atoms with Crippen LogP contribution in [0, 0.1) is 10.1 Å². The molecule has 0 radical (unpaired) electrons. The van der Waals surface area contributed by atoms with Crippen molar-refractivity contribution in [3.8, 4) is 16.9 Å². The van der Waals surface area contributed by atoms with Crippen LogP contribution in [0.4, 0.5) is 5.69 Å². The highest BCUT2D eigenvalue weighted by Gasteiger charge is 2.11. The van der Waals surface area contributed by atoms with E-state index in [9.17, 15) is 14.9 Å². The van der Waals surface area contributed by atoms with Crippen molar-refractivity contribution in [3.63, 3.8) is 0 Å². The van der Waals surface area contributed by atoms with Gasteiger partial charge in [-0.25, -0.2) is 0 Å². The molecule has 2 rings (SSSR count). The highest BCUT2D eigenvalue weighted by atomic mass is 16.6. The Morgan fingerprint density at radius 1 is 1.16 bits per heavy atom. The van der Waals surface area contributed by atoms with E-state index < -0.39 is 4.92 Å². The third kappa shape index (κ3) is 2.60. The lowest BCUT2D eigenvalue weighted by Gasteiger charge is -2.06. The number of non-ortho nitro benzene ring substituents is 1. The van der Waals surface area contributed by atoms with Crippen molar-refractivity contribution in [3.05, 3.63) is 58.1 Å². The molecule has 0 amide bonds. The van der Waals surface area contributed by atoms with Crippen LogP contribution in [-0.2, 0) is 0 Å². The van der Waals surface area contributed by atoms with Crippen LogP contribution in [-0.4, -0.2) is 18.3 Å². The topological polar surface area (TPSA) is 69.4 Å². The second kappa shape index (κ2) is 5.30. The molecule has 0 bridgehead atoms. The van der Waals surface area contributed by atoms with Gasteiger partial charge in [-0.1, -0.05) is 12.1 Å². The molecule has 0 fully saturated rings. The monoisotopic (exact) mass is 257 g/mol. The normalized spacial score (nSPS) is 9.95. The Kier molecular flexibility index (Phi) is 3.56. The number of nitro benzene ring substituents is 1. The molecule has 5 heteroatoms. The fourth-order valence-corrected chi connectivity index (χ4v) is 1.79. The lowest BCUT2D eigenvalue weighted by molar-refractivity contribution is -0.384. The van der Waals surface area contributed by atoms with E-state index in [1.807, 2.05) is 0 Å². The zero-order chi connectivity index (χ0) is 13.8. The molecule has 96 valence electrons. The molecule has 0 spiro atoms. The fourth-order valence-electron chi connectivity index (χ4n) is 1.79. The first-order valence-corrected chi connectivity index (χ1v) is 5.53. The van der Waals surface area contributed by atoms with E-state index in [1.165, 1.54) is 12.1 Å². The zero-order valence-electron chi connectivity index (χ0n) is 10.2. The summed E-state index contributed by atoms with van der Waals surface area (Å²) < 4.78 is 5.05. The van der Waals surface area contributed by atoms with Gasteiger partial charge in [0.05, 0.1) is 12.0 Å². The molecular weight excluding hydrogens is 246 g/mol. The average molecular weight is 257 g/mol. The molecule has 0 saturated heterocycles. The van der Waals surface area contributed by atoms with Crippen molar-refractivity contribution in [2.75, 3.05) is 7.11 Å². The number of nitrogens with zero attached hydrogens (tertiary/aromatic N) is 1. The van der Waals surface area contributed by atoms with Crippen molar-refractivity contribution < 1.29 is 14.5 Å². The maximum absolute atomic E-state index is 11.1. The summed E-state index contributed by atoms with van der Waals surface area (Å²) in [6.45, 7) is 0. The van der Waals surface area contributed by atoms with E-state index >= 15 is 0 Å². The summed E-state index contributed by atoms with van der Waals surface area (Å²) in [7, 11) is 1.57. The van der Waals surface area contributed by atoms with Gasteiger partial charge in [0.1, 0.15) is 5.75 Å². The summed E-state index contributed by atoms with van der Waals surface area (Å²) in [5, 5.41) is 10.7. The molecule has 19 heavy (non-hydrogen) atoms. The standard InChI is InChI=1S/C14H11NO4/c1-19-13-5-2-10(3-6-13)14-7-4-12(15(17)18)8-11(14)9-16/h2-9H,1H3. The first-order valence-electron chi connectivity index (χ1n) is 5.53. The molecule has 2 aromatic carbocycles. The third-order valence-electron chi connectivity index (χ3n) is 2.77. The Labute approximate surface area is 109 Å². The molecule has 2 aromatic rings. The van der Waals surface area contributed by atoms with Gasteiger partial charge in [-0.15, -0.1) is 0 Å². The molecule has 5 nitrogen and oxygen atoms in total. The van der Waals surface area contributed by atoms with Gasteiger partial charge in [0.15, 0.2) is 6.29 Å². The van der Waals surface area contributed by atoms with Crippen LogP contribution in [0.1, 0.15) is 10.4 Å². The minimum absolute atomic E-state index is 0.0978. The van der Waals surface area contributed by atoms with E-state index in [0.717, 1.165) is 5.56 Å². The summed E-state index contributed by atoms with van der Waals surface area (Å²) in [5.41, 5.74) is 1.65. The Morgan fingerprint density at radius 2 is 1.84 bits per heavy atom. The van der Waals surface area contributed by atoms with Crippen LogP contribution < -0.4 is 4.74 Å². The van der Waals surface area contributed by atoms with E-state index in [0.29, 0.717) is 23.2 Å². The van der Waals surface area contributed by atoms with Crippen molar-refractivity contribution in [1.82, 2.24) is 0 Å². The number of aldehydes is 1. The van der Waals surface area contributed by atoms with Gasteiger partial charge in [0, 0.05) is 17.7 Å². The Hall–Kier alpha value is -2.69. The predicted octanol–water partition coefficient (Wildman–Crippen LogP) is 3.08. The van der Waals surface area contributed by atoms with Crippen molar-refractivity contribution in [2.45, 2.75) is 0 Å². The smallest absolute Gasteiger partial charge is 0.270 e. The molecule has 0 aliphatic rings. The van der Waals surface area contributed by atoms with Crippen LogP contribution in [0.15, 0.2) is 42.5 Å². The predicted molar refractivity (Wildman–Crippen MR) is 70.5 cm³/mol. The minimum atomic E-state index is -0.523. The van der Waals surface area contributed by atoms with Gasteiger partial charge in [-0.3, -0.25) is 14.9 Å². The molecule has 0 aromatic heterocycles. The second-order valence-electron chi connectivity index (χ2n) is 3.88. The van der Waals surface area contributed by atoms with Gasteiger partial charge in [-0.05, 0) is 29.3 Å². The summed E-state index contributed by atoms with van der Waals surface area (Å²) >= 11 is 0. The van der Waals surface area contributed by atoms with Crippen LogP contribution >= 0.6 is 0 Å². The Balaban J connectivity index is 2.48. The maximum atomic E-state index is 11.1. The number of methoxy groups -OCH3 is 1. The van der Waals surface area contributed by atoms with Gasteiger partial charge >= 0.3 is 0 Å². The first kappa shape index (κ1) is 12.8. The van der Waals surface area contributed by atoms with Crippen LogP contribution in [0.2, 0.25) is 0 Å². The maximum Gasteiger partial charge on any atom is 0.270 e. The van der Waals surface area contributed by atoms with E-state index in [4.69, 9.17) is 4.74 Å². The molecule has 0 heterocycles. The molecule has 0 N–H and O–H groups in total. The van der Waals surface area contributed by atoms with Crippen LogP contribution in [0.5, 0.6) is 5.75 Å². The Morgan fingerprint density at radius 3 is 2.37 bits per heavy atom. The number of carbonyl (C=O) groups excluding carboxylic acids is 1. The zero-order valence-corrected chi connectivity index (χ0v) is 10.2. The average Bonchev–Trinajstić information content (AvgIpc) is 2.46. The highest BCUT2D eigenvalue weighted by molar-refractivity contribution is 5.88. The molecular formula is C14H11NO4. The summed E-state index contributed by atoms with van der Waals surface area (Å²) in [6, 6.07) is 11.4. The summed E-state index contributed by atoms with van der Waals surface area (Å²) in [4.78, 5) is 21.2. The van der Waals surface area contributed by atoms with Gasteiger partial charge < -0.3 is 4.74 Å². The third-order valence-corrected chi connectivity index (χ3v) is 2.77. The van der Waals surface area contributed by atoms with E-state index in [-0.39, 0.29) is 5.69 Å². The number of carbonyl (C=O) groups is 1. The molecule has 0 saturated carbocycles. The van der Waals surface area contributed by atoms with Crippen LogP contribution in [0.25, 0.3) is 11.1 Å². The molecule has 0 unspecified atom stereocenters. The highest BCUT2D eigenvalue weighted by Crippen LogP contribution is 2.27. The number of benzene rings is 2. The van der Waals surface area contributed by atoms with E-state index in [1.54, 1.807) is 37.4 Å². The molecule has 0 atom stereocenters. The lowest BCUT2D eigenvalue weighted by atomic mass is 10.00. The molecule has 0 aliphatic carbocycles.